The van der Waals surface area contributed by atoms with Gasteiger partial charge in [-0.1, -0.05) is 12.1 Å². The molecule has 1 aliphatic carbocycles. The minimum atomic E-state index is -5.08. The van der Waals surface area contributed by atoms with Crippen molar-refractivity contribution in [3.8, 4) is 6.07 Å². The summed E-state index contributed by atoms with van der Waals surface area (Å²) in [7, 11) is 0. The number of nitrogens with zero attached hydrogens (tertiary/aromatic N) is 3. The number of carboxylic acid groups (broad SMARTS) is 1. The zero-order chi connectivity index (χ0) is 27.4. The quantitative estimate of drug-likeness (QED) is 0.354. The Balaban J connectivity index is 0.000000479. The summed E-state index contributed by atoms with van der Waals surface area (Å²) < 4.78 is 59.6. The topological polar surface area (TPSA) is 154 Å². The Bertz CT molecular complexity index is 1340. The molecule has 15 heteroatoms. The number of halogens is 5. The van der Waals surface area contributed by atoms with Crippen LogP contribution in [-0.4, -0.2) is 51.1 Å². The first-order valence-corrected chi connectivity index (χ1v) is 11.5. The van der Waals surface area contributed by atoms with Gasteiger partial charge in [0.05, 0.1) is 29.1 Å². The molecular formula is C22H19F5N6O3S. The SMILES string of the molecule is N#Cc1ccccc1NC(=O)c1csc2ncc(N[C@@H]3CCCC(F)(F)[C@@H]3N)nc12.O=C(O)C(F)(F)F. The molecule has 1 amide bonds. The number of fused-ring (bicyclic) bond motifs is 1. The fourth-order valence-electron chi connectivity index (χ4n) is 3.47. The molecule has 9 nitrogen and oxygen atoms in total. The number of nitrogens with one attached hydrogen (secondary N) is 2. The average molecular weight is 542 g/mol. The van der Waals surface area contributed by atoms with Crippen molar-refractivity contribution in [1.82, 2.24) is 9.97 Å². The summed E-state index contributed by atoms with van der Waals surface area (Å²) in [6.45, 7) is 0. The van der Waals surface area contributed by atoms with Crippen molar-refractivity contribution >= 4 is 45.1 Å². The highest BCUT2D eigenvalue weighted by Gasteiger charge is 2.44. The molecule has 5 N–H and O–H groups in total. The standard InChI is InChI=1S/C20H18F2N6OS.C2HF3O2/c21-20(22)7-3-6-14(17(20)24)26-15-9-25-19-16(28-15)12(10-30-19)18(29)27-13-5-2-1-4-11(13)8-23;3-2(4,5)1(6)7/h1-2,4-5,9-10,14,17H,3,6-7,24H2,(H,26,28)(H,27,29);(H,6,7)/t14-,17-;/m1./s1. The van der Waals surface area contributed by atoms with Gasteiger partial charge in [0, 0.05) is 17.8 Å². The van der Waals surface area contributed by atoms with Gasteiger partial charge in [0.1, 0.15) is 22.2 Å². The van der Waals surface area contributed by atoms with Crippen LogP contribution in [0.1, 0.15) is 35.2 Å². The second-order valence-corrected chi connectivity index (χ2v) is 8.76. The summed E-state index contributed by atoms with van der Waals surface area (Å²) in [5.41, 5.74) is 7.11. The first-order valence-electron chi connectivity index (χ1n) is 10.6. The lowest BCUT2D eigenvalue weighted by Gasteiger charge is -2.36. The van der Waals surface area contributed by atoms with Crippen LogP contribution in [0.15, 0.2) is 35.8 Å². The van der Waals surface area contributed by atoms with Crippen LogP contribution < -0.4 is 16.4 Å². The predicted molar refractivity (Wildman–Crippen MR) is 124 cm³/mol. The molecule has 1 saturated carbocycles. The van der Waals surface area contributed by atoms with Crippen molar-refractivity contribution < 1.29 is 36.6 Å². The first-order chi connectivity index (χ1) is 17.3. The third kappa shape index (κ3) is 6.66. The number of carbonyl (C=O) groups is 2. The molecule has 1 aromatic carbocycles. The van der Waals surface area contributed by atoms with Crippen molar-refractivity contribution in [3.05, 3.63) is 47.0 Å². The fourth-order valence-corrected chi connectivity index (χ4v) is 4.30. The van der Waals surface area contributed by atoms with E-state index in [4.69, 9.17) is 15.6 Å². The molecule has 196 valence electrons. The summed E-state index contributed by atoms with van der Waals surface area (Å²) in [5, 5.41) is 23.6. The maximum atomic E-state index is 13.9. The molecule has 2 heterocycles. The molecule has 0 spiro atoms. The summed E-state index contributed by atoms with van der Waals surface area (Å²) in [6, 6.07) is 6.72. The second kappa shape index (κ2) is 11.0. The molecule has 3 aromatic rings. The number of amides is 1. The van der Waals surface area contributed by atoms with E-state index in [9.17, 15) is 32.0 Å². The molecule has 0 aliphatic heterocycles. The highest BCUT2D eigenvalue weighted by atomic mass is 32.1. The van der Waals surface area contributed by atoms with Gasteiger partial charge in [0.25, 0.3) is 11.8 Å². The molecule has 0 unspecified atom stereocenters. The number of nitrogens with two attached hydrogens (primary N) is 1. The molecular weight excluding hydrogens is 523 g/mol. The van der Waals surface area contributed by atoms with Gasteiger partial charge in [-0.15, -0.1) is 11.3 Å². The minimum Gasteiger partial charge on any atom is -0.475 e. The Hall–Kier alpha value is -3.90. The number of aliphatic carboxylic acids is 1. The van der Waals surface area contributed by atoms with Crippen molar-refractivity contribution in [2.24, 2.45) is 5.73 Å². The van der Waals surface area contributed by atoms with Crippen LogP contribution in [0.25, 0.3) is 10.3 Å². The zero-order valence-corrected chi connectivity index (χ0v) is 19.5. The van der Waals surface area contributed by atoms with E-state index in [1.165, 1.54) is 17.5 Å². The van der Waals surface area contributed by atoms with Gasteiger partial charge in [-0.25, -0.2) is 23.5 Å². The van der Waals surface area contributed by atoms with Gasteiger partial charge in [0.15, 0.2) is 0 Å². The maximum Gasteiger partial charge on any atom is 0.490 e. The molecule has 2 aromatic heterocycles. The Morgan fingerprint density at radius 1 is 1.27 bits per heavy atom. The molecule has 0 bridgehead atoms. The van der Waals surface area contributed by atoms with Gasteiger partial charge in [-0.3, -0.25) is 4.79 Å². The molecule has 4 rings (SSSR count). The number of thiophene rings is 1. The van der Waals surface area contributed by atoms with Crippen LogP contribution in [-0.2, 0) is 4.79 Å². The third-order valence-corrected chi connectivity index (χ3v) is 6.22. The smallest absolute Gasteiger partial charge is 0.475 e. The zero-order valence-electron chi connectivity index (χ0n) is 18.7. The number of alkyl halides is 5. The molecule has 0 saturated heterocycles. The van der Waals surface area contributed by atoms with Crippen LogP contribution in [0.5, 0.6) is 0 Å². The monoisotopic (exact) mass is 542 g/mol. The van der Waals surface area contributed by atoms with Crippen LogP contribution in [0, 0.1) is 11.3 Å². The lowest BCUT2D eigenvalue weighted by molar-refractivity contribution is -0.192. The van der Waals surface area contributed by atoms with Crippen LogP contribution in [0.2, 0.25) is 0 Å². The number of hydrogen-bond acceptors (Lipinski definition) is 8. The van der Waals surface area contributed by atoms with E-state index >= 15 is 0 Å². The number of aromatic nitrogens is 2. The van der Waals surface area contributed by atoms with Crippen molar-refractivity contribution in [2.45, 2.75) is 43.4 Å². The maximum absolute atomic E-state index is 13.9. The summed E-state index contributed by atoms with van der Waals surface area (Å²) >= 11 is 1.25. The molecule has 37 heavy (non-hydrogen) atoms. The van der Waals surface area contributed by atoms with E-state index in [-0.39, 0.29) is 17.8 Å². The number of nitriles is 1. The van der Waals surface area contributed by atoms with Crippen LogP contribution >= 0.6 is 11.3 Å². The van der Waals surface area contributed by atoms with Gasteiger partial charge in [0.2, 0.25) is 0 Å². The second-order valence-electron chi connectivity index (χ2n) is 7.90. The van der Waals surface area contributed by atoms with E-state index in [0.717, 1.165) is 0 Å². The minimum absolute atomic E-state index is 0.226. The molecule has 1 fully saturated rings. The third-order valence-electron chi connectivity index (χ3n) is 5.34. The Kier molecular flexibility index (Phi) is 8.24. The summed E-state index contributed by atoms with van der Waals surface area (Å²) in [5.74, 6) is -5.84. The van der Waals surface area contributed by atoms with E-state index in [1.807, 2.05) is 6.07 Å². The van der Waals surface area contributed by atoms with Crippen molar-refractivity contribution in [3.63, 3.8) is 0 Å². The normalized spacial score (nSPS) is 18.7. The molecule has 2 atom stereocenters. The average Bonchev–Trinajstić information content (AvgIpc) is 3.25. The van der Waals surface area contributed by atoms with Crippen LogP contribution in [0.4, 0.5) is 33.5 Å². The largest absolute Gasteiger partial charge is 0.490 e. The number of carboxylic acids is 1. The van der Waals surface area contributed by atoms with Gasteiger partial charge < -0.3 is 21.5 Å². The van der Waals surface area contributed by atoms with Gasteiger partial charge in [-0.2, -0.15) is 18.4 Å². The van der Waals surface area contributed by atoms with Crippen molar-refractivity contribution in [1.29, 1.82) is 5.26 Å². The Labute approximate surface area is 210 Å². The number of anilines is 2. The van der Waals surface area contributed by atoms with E-state index < -0.39 is 36.1 Å². The van der Waals surface area contributed by atoms with Gasteiger partial charge in [-0.05, 0) is 25.0 Å². The van der Waals surface area contributed by atoms with E-state index in [0.29, 0.717) is 34.4 Å². The fraction of sp³-hybridized carbons (Fsp3) is 0.318. The van der Waals surface area contributed by atoms with Gasteiger partial charge >= 0.3 is 12.1 Å². The van der Waals surface area contributed by atoms with Crippen LogP contribution in [0.3, 0.4) is 0 Å². The Morgan fingerprint density at radius 3 is 2.59 bits per heavy atom. The number of para-hydroxylation sites is 1. The molecule has 0 radical (unpaired) electrons. The number of carbonyl (C=O) groups excluding carboxylic acids is 1. The highest BCUT2D eigenvalue weighted by molar-refractivity contribution is 7.17. The first kappa shape index (κ1) is 27.7. The number of hydrogen-bond donors (Lipinski definition) is 4. The summed E-state index contributed by atoms with van der Waals surface area (Å²) in [6.07, 6.45) is -3.00. The predicted octanol–water partition coefficient (Wildman–Crippen LogP) is 4.38. The summed E-state index contributed by atoms with van der Waals surface area (Å²) in [4.78, 5) is 30.9. The number of rotatable bonds is 4. The number of benzene rings is 1. The highest BCUT2D eigenvalue weighted by Crippen LogP contribution is 2.34. The lowest BCUT2D eigenvalue weighted by atomic mass is 9.87. The Morgan fingerprint density at radius 2 is 1.95 bits per heavy atom. The van der Waals surface area contributed by atoms with E-state index in [1.54, 1.807) is 29.6 Å². The van der Waals surface area contributed by atoms with E-state index in [2.05, 4.69) is 20.6 Å². The van der Waals surface area contributed by atoms with Crippen molar-refractivity contribution in [2.75, 3.05) is 10.6 Å². The lowest BCUT2D eigenvalue weighted by Crippen LogP contribution is -2.55. The molecule has 1 aliphatic rings.